The molecule has 10 heteroatoms. The van der Waals surface area contributed by atoms with Crippen molar-refractivity contribution in [1.82, 2.24) is 15.8 Å². The maximum atomic E-state index is 6.09. The van der Waals surface area contributed by atoms with Crippen molar-refractivity contribution in [2.75, 3.05) is 10.3 Å². The summed E-state index contributed by atoms with van der Waals surface area (Å²) in [5.41, 5.74) is 12.1. The zero-order chi connectivity index (χ0) is 26.8. The summed E-state index contributed by atoms with van der Waals surface area (Å²) < 4.78 is 0. The van der Waals surface area contributed by atoms with Crippen LogP contribution in [0.15, 0.2) is 91.1 Å². The number of anilines is 2. The summed E-state index contributed by atoms with van der Waals surface area (Å²) in [7, 11) is 0. The van der Waals surface area contributed by atoms with Gasteiger partial charge in [-0.25, -0.2) is 17.1 Å². The molecule has 0 amide bonds. The molecule has 0 saturated heterocycles. The largest absolute Gasteiger partial charge is 0.332 e. The van der Waals surface area contributed by atoms with Gasteiger partial charge in [-0.1, -0.05) is 62.4 Å². The summed E-state index contributed by atoms with van der Waals surface area (Å²) >= 11 is 9.40. The van der Waals surface area contributed by atoms with E-state index in [4.69, 9.17) is 29.7 Å². The van der Waals surface area contributed by atoms with E-state index in [1.807, 2.05) is 86.6 Å². The van der Waals surface area contributed by atoms with Crippen molar-refractivity contribution in [3.8, 4) is 33.5 Å². The molecule has 0 radical (unpaired) electrons. The minimum absolute atomic E-state index is 0.347. The second-order valence-corrected chi connectivity index (χ2v) is 8.51. The van der Waals surface area contributed by atoms with Gasteiger partial charge in [0.1, 0.15) is 0 Å². The molecule has 0 saturated carbocycles. The third-order valence-corrected chi connectivity index (χ3v) is 6.08. The molecule has 4 aromatic rings. The predicted molar refractivity (Wildman–Crippen MR) is 162 cm³/mol. The van der Waals surface area contributed by atoms with Crippen LogP contribution in [0.3, 0.4) is 0 Å². The first-order valence-corrected chi connectivity index (χ1v) is 12.7. The van der Waals surface area contributed by atoms with Crippen LogP contribution in [0, 0.1) is 0 Å². The topological polar surface area (TPSA) is 130 Å². The van der Waals surface area contributed by atoms with Gasteiger partial charge in [0.2, 0.25) is 0 Å². The van der Waals surface area contributed by atoms with Crippen LogP contribution in [0.25, 0.3) is 33.5 Å². The van der Waals surface area contributed by atoms with Crippen LogP contribution in [0.4, 0.5) is 11.4 Å². The van der Waals surface area contributed by atoms with E-state index in [1.165, 1.54) is 5.01 Å². The molecule has 0 aliphatic heterocycles. The van der Waals surface area contributed by atoms with Gasteiger partial charge < -0.3 is 10.7 Å². The molecule has 37 heavy (non-hydrogen) atoms. The highest BCUT2D eigenvalue weighted by molar-refractivity contribution is 7.81. The Morgan fingerprint density at radius 2 is 1.46 bits per heavy atom. The number of pyridine rings is 1. The van der Waals surface area contributed by atoms with E-state index in [1.54, 1.807) is 6.20 Å². The summed E-state index contributed by atoms with van der Waals surface area (Å²) in [6.45, 7) is 4.00. The van der Waals surface area contributed by atoms with Gasteiger partial charge in [0.05, 0.1) is 11.4 Å². The van der Waals surface area contributed by atoms with Crippen molar-refractivity contribution in [1.29, 1.82) is 0 Å². The van der Waals surface area contributed by atoms with Crippen molar-refractivity contribution < 1.29 is 0 Å². The minimum atomic E-state index is -0.513. The van der Waals surface area contributed by atoms with Crippen molar-refractivity contribution in [3.63, 3.8) is 0 Å². The predicted octanol–water partition coefficient (Wildman–Crippen LogP) is 4.63. The van der Waals surface area contributed by atoms with Crippen molar-refractivity contribution in [3.05, 3.63) is 91.1 Å². The summed E-state index contributed by atoms with van der Waals surface area (Å²) in [6, 6.07) is 28.0. The Morgan fingerprint density at radius 1 is 0.865 bits per heavy atom. The van der Waals surface area contributed by atoms with Crippen LogP contribution in [0.1, 0.15) is 13.8 Å². The normalized spacial score (nSPS) is 11.1. The fourth-order valence-electron chi connectivity index (χ4n) is 3.75. The molecule has 0 fully saturated rings. The molecule has 4 rings (SSSR count). The average Bonchev–Trinajstić information content (AvgIpc) is 2.98. The third kappa shape index (κ3) is 6.83. The van der Waals surface area contributed by atoms with Crippen LogP contribution in [0.2, 0.25) is 0 Å². The van der Waals surface area contributed by atoms with E-state index >= 15 is 0 Å². The molecule has 8 nitrogen and oxygen atoms in total. The van der Waals surface area contributed by atoms with Gasteiger partial charge in [0, 0.05) is 17.4 Å². The lowest BCUT2D eigenvalue weighted by Gasteiger charge is -2.24. The SMILES string of the molecule is CC.NNC(=S)Nc1ccc(-c2cccc(-c3ccc(N(N)C(S)NN)cc3)c2-c2ccccn2)cc1. The van der Waals surface area contributed by atoms with Gasteiger partial charge >= 0.3 is 0 Å². The van der Waals surface area contributed by atoms with Gasteiger partial charge in [-0.3, -0.25) is 15.8 Å². The molecule has 1 atom stereocenters. The highest BCUT2D eigenvalue weighted by atomic mass is 32.1. The number of nitrogens with one attached hydrogen (secondary N) is 3. The fraction of sp³-hybridized carbons (Fsp3) is 0.111. The molecular formula is C27H32N8S2. The fourth-order valence-corrected chi connectivity index (χ4v) is 4.01. The van der Waals surface area contributed by atoms with Crippen LogP contribution >= 0.6 is 24.8 Å². The lowest BCUT2D eigenvalue weighted by atomic mass is 9.89. The Bertz CT molecular complexity index is 1280. The maximum absolute atomic E-state index is 6.09. The van der Waals surface area contributed by atoms with E-state index in [-0.39, 0.29) is 0 Å². The smallest absolute Gasteiger partial charge is 0.185 e. The van der Waals surface area contributed by atoms with Crippen molar-refractivity contribution in [2.45, 2.75) is 19.3 Å². The number of thiocarbonyl (C=S) groups is 1. The molecule has 9 N–H and O–H groups in total. The number of thiol groups is 1. The van der Waals surface area contributed by atoms with E-state index in [0.717, 1.165) is 44.9 Å². The number of benzene rings is 3. The van der Waals surface area contributed by atoms with E-state index in [9.17, 15) is 0 Å². The molecule has 192 valence electrons. The Labute approximate surface area is 228 Å². The summed E-state index contributed by atoms with van der Waals surface area (Å²) in [5, 5.41) is 4.83. The van der Waals surface area contributed by atoms with Crippen LogP contribution in [0.5, 0.6) is 0 Å². The Morgan fingerprint density at radius 3 is 1.97 bits per heavy atom. The third-order valence-electron chi connectivity index (χ3n) is 5.46. The maximum Gasteiger partial charge on any atom is 0.185 e. The highest BCUT2D eigenvalue weighted by Crippen LogP contribution is 2.39. The average molecular weight is 533 g/mol. The molecule has 0 bridgehead atoms. The van der Waals surface area contributed by atoms with Gasteiger partial charge in [0.15, 0.2) is 10.6 Å². The summed E-state index contributed by atoms with van der Waals surface area (Å²) in [4.78, 5) is 4.66. The first kappa shape index (κ1) is 28.1. The number of aromatic nitrogens is 1. The Kier molecular flexibility index (Phi) is 10.4. The monoisotopic (exact) mass is 532 g/mol. The van der Waals surface area contributed by atoms with Crippen LogP contribution in [-0.2, 0) is 0 Å². The second kappa shape index (κ2) is 13.7. The Hall–Kier alpha value is -3.51. The van der Waals surface area contributed by atoms with Crippen LogP contribution < -0.4 is 38.7 Å². The number of hydrogen-bond donors (Lipinski definition) is 7. The number of nitrogens with two attached hydrogens (primary N) is 3. The van der Waals surface area contributed by atoms with E-state index in [0.29, 0.717) is 5.11 Å². The lowest BCUT2D eigenvalue weighted by Crippen LogP contribution is -2.49. The van der Waals surface area contributed by atoms with E-state index in [2.05, 4.69) is 45.9 Å². The van der Waals surface area contributed by atoms with Gasteiger partial charge in [-0.2, -0.15) is 0 Å². The van der Waals surface area contributed by atoms with Crippen molar-refractivity contribution >= 4 is 41.3 Å². The molecule has 0 spiro atoms. The quantitative estimate of drug-likeness (QED) is 0.0599. The van der Waals surface area contributed by atoms with Gasteiger partial charge in [-0.05, 0) is 70.9 Å². The molecule has 1 aromatic heterocycles. The minimum Gasteiger partial charge on any atom is -0.332 e. The van der Waals surface area contributed by atoms with Crippen molar-refractivity contribution in [2.24, 2.45) is 17.5 Å². The zero-order valence-corrected chi connectivity index (χ0v) is 22.4. The second-order valence-electron chi connectivity index (χ2n) is 7.61. The molecule has 0 aliphatic rings. The molecule has 1 heterocycles. The number of hydrazine groups is 3. The standard InChI is InChI=1S/C25H26N8S2.C2H6/c26-31-24(34)30-18-11-7-16(8-12-18)20-4-3-5-21(23(20)22-6-1-2-15-29-22)17-9-13-19(14-10-17)33(28)25(35)32-27;1-2/h1-15,25,32,35H,26-28H2,(H2,30,31,34);1-2H3. The molecule has 3 aromatic carbocycles. The van der Waals surface area contributed by atoms with Gasteiger partial charge in [-0.15, -0.1) is 12.6 Å². The number of nitrogens with zero attached hydrogens (tertiary/aromatic N) is 2. The number of hydrogen-bond acceptors (Lipinski definition) is 8. The van der Waals surface area contributed by atoms with Gasteiger partial charge in [0.25, 0.3) is 0 Å². The van der Waals surface area contributed by atoms with E-state index < -0.39 is 5.50 Å². The molecular weight excluding hydrogens is 500 g/mol. The molecule has 1 unspecified atom stereocenters. The first-order chi connectivity index (χ1) is 18.0. The van der Waals surface area contributed by atoms with Crippen LogP contribution in [-0.4, -0.2) is 15.6 Å². The first-order valence-electron chi connectivity index (χ1n) is 11.7. The molecule has 0 aliphatic carbocycles. The lowest BCUT2D eigenvalue weighted by molar-refractivity contribution is 0.650. The summed E-state index contributed by atoms with van der Waals surface area (Å²) in [6.07, 6.45) is 1.80. The summed E-state index contributed by atoms with van der Waals surface area (Å²) in [5.74, 6) is 16.9. The zero-order valence-electron chi connectivity index (χ0n) is 20.7. The Balaban J connectivity index is 0.00000186. The number of rotatable bonds is 7. The highest BCUT2D eigenvalue weighted by Gasteiger charge is 2.16.